The van der Waals surface area contributed by atoms with Crippen LogP contribution in [0.3, 0.4) is 0 Å². The zero-order valence-corrected chi connectivity index (χ0v) is 11.6. The van der Waals surface area contributed by atoms with Crippen molar-refractivity contribution in [2.75, 3.05) is 66.1 Å². The molecule has 1 unspecified atom stereocenters. The highest BCUT2D eigenvalue weighted by Crippen LogP contribution is 2.11. The van der Waals surface area contributed by atoms with Crippen LogP contribution in [0.5, 0.6) is 0 Å². The Bertz CT molecular complexity index is 184. The Kier molecular flexibility index (Phi) is 11.3. The van der Waals surface area contributed by atoms with Gasteiger partial charge < -0.3 is 28.8 Å². The van der Waals surface area contributed by atoms with Gasteiger partial charge >= 0.3 is 0 Å². The van der Waals surface area contributed by atoms with Gasteiger partial charge in [0.1, 0.15) is 0 Å². The van der Waals surface area contributed by atoms with E-state index < -0.39 is 0 Å². The molecule has 6 nitrogen and oxygen atoms in total. The van der Waals surface area contributed by atoms with E-state index in [9.17, 15) is 0 Å². The van der Waals surface area contributed by atoms with Crippen LogP contribution in [0.1, 0.15) is 12.8 Å². The third kappa shape index (κ3) is 10.2. The Balaban J connectivity index is 1.67. The molecule has 1 fully saturated rings. The van der Waals surface area contributed by atoms with E-state index in [1.54, 1.807) is 0 Å². The van der Waals surface area contributed by atoms with Crippen LogP contribution >= 0.6 is 0 Å². The molecule has 114 valence electrons. The fraction of sp³-hybridized carbons (Fsp3) is 1.00. The second kappa shape index (κ2) is 12.8. The molecule has 0 spiro atoms. The lowest BCUT2D eigenvalue weighted by Crippen LogP contribution is -2.17. The summed E-state index contributed by atoms with van der Waals surface area (Å²) in [6, 6.07) is 0. The summed E-state index contributed by atoms with van der Waals surface area (Å²) in [5.74, 6) is 0. The molecule has 0 radical (unpaired) electrons. The zero-order chi connectivity index (χ0) is 13.6. The summed E-state index contributed by atoms with van der Waals surface area (Å²) in [6.45, 7) is 5.26. The SMILES string of the molecule is OCCOCCOCCOCCOCC1CCCO1. The number of ether oxygens (including phenoxy) is 5. The first-order valence-corrected chi connectivity index (χ1v) is 6.97. The van der Waals surface area contributed by atoms with Gasteiger partial charge in [0, 0.05) is 6.61 Å². The quantitative estimate of drug-likeness (QED) is 0.486. The summed E-state index contributed by atoms with van der Waals surface area (Å²) in [5.41, 5.74) is 0. The molecule has 0 saturated carbocycles. The van der Waals surface area contributed by atoms with Crippen molar-refractivity contribution in [1.29, 1.82) is 0 Å². The molecule has 1 saturated heterocycles. The molecule has 1 aliphatic rings. The lowest BCUT2D eigenvalue weighted by atomic mass is 10.2. The largest absolute Gasteiger partial charge is 0.394 e. The van der Waals surface area contributed by atoms with Crippen molar-refractivity contribution in [3.8, 4) is 0 Å². The molecule has 0 aliphatic carbocycles. The van der Waals surface area contributed by atoms with Crippen molar-refractivity contribution in [2.24, 2.45) is 0 Å². The van der Waals surface area contributed by atoms with E-state index in [0.29, 0.717) is 52.9 Å². The lowest BCUT2D eigenvalue weighted by Gasteiger charge is -2.10. The summed E-state index contributed by atoms with van der Waals surface area (Å²) in [4.78, 5) is 0. The van der Waals surface area contributed by atoms with Gasteiger partial charge in [-0.05, 0) is 12.8 Å². The van der Waals surface area contributed by atoms with E-state index >= 15 is 0 Å². The normalized spacial score (nSPS) is 19.1. The van der Waals surface area contributed by atoms with Crippen LogP contribution in [0, 0.1) is 0 Å². The minimum Gasteiger partial charge on any atom is -0.394 e. The van der Waals surface area contributed by atoms with Crippen molar-refractivity contribution >= 4 is 0 Å². The Morgan fingerprint density at radius 2 is 1.42 bits per heavy atom. The zero-order valence-electron chi connectivity index (χ0n) is 11.6. The third-order valence-corrected chi connectivity index (χ3v) is 2.68. The van der Waals surface area contributed by atoms with Gasteiger partial charge in [-0.3, -0.25) is 0 Å². The molecule has 1 heterocycles. The fourth-order valence-corrected chi connectivity index (χ4v) is 1.71. The first-order chi connectivity index (χ1) is 9.43. The molecule has 0 bridgehead atoms. The van der Waals surface area contributed by atoms with Crippen LogP contribution in [0.15, 0.2) is 0 Å². The summed E-state index contributed by atoms with van der Waals surface area (Å²) in [5, 5.41) is 8.47. The minimum atomic E-state index is 0.0506. The van der Waals surface area contributed by atoms with Gasteiger partial charge in [0.15, 0.2) is 0 Å². The highest BCUT2D eigenvalue weighted by atomic mass is 16.6. The van der Waals surface area contributed by atoms with Crippen molar-refractivity contribution in [3.63, 3.8) is 0 Å². The molecule has 1 atom stereocenters. The van der Waals surface area contributed by atoms with Gasteiger partial charge in [0.2, 0.25) is 0 Å². The van der Waals surface area contributed by atoms with Crippen LogP contribution in [0.25, 0.3) is 0 Å². The van der Waals surface area contributed by atoms with Crippen molar-refractivity contribution < 1.29 is 28.8 Å². The first kappa shape index (κ1) is 16.8. The molecule has 0 aromatic heterocycles. The molecule has 1 aliphatic heterocycles. The summed E-state index contributed by atoms with van der Waals surface area (Å²) < 4.78 is 26.6. The Morgan fingerprint density at radius 3 is 1.95 bits per heavy atom. The molecule has 1 rings (SSSR count). The van der Waals surface area contributed by atoms with Gasteiger partial charge in [-0.15, -0.1) is 0 Å². The topological polar surface area (TPSA) is 66.4 Å². The van der Waals surface area contributed by atoms with Crippen LogP contribution in [-0.4, -0.2) is 77.3 Å². The molecular formula is C13H26O6. The van der Waals surface area contributed by atoms with Crippen LogP contribution < -0.4 is 0 Å². The number of aliphatic hydroxyl groups is 1. The number of hydrogen-bond donors (Lipinski definition) is 1. The first-order valence-electron chi connectivity index (χ1n) is 6.97. The summed E-state index contributed by atoms with van der Waals surface area (Å²) in [6.07, 6.45) is 2.53. The van der Waals surface area contributed by atoms with E-state index in [-0.39, 0.29) is 12.7 Å². The maximum atomic E-state index is 8.47. The van der Waals surface area contributed by atoms with Crippen LogP contribution in [-0.2, 0) is 23.7 Å². The summed E-state index contributed by atoms with van der Waals surface area (Å²) in [7, 11) is 0. The lowest BCUT2D eigenvalue weighted by molar-refractivity contribution is -0.0230. The molecule has 0 aromatic carbocycles. The van der Waals surface area contributed by atoms with E-state index in [0.717, 1.165) is 19.4 Å². The number of hydrogen-bond acceptors (Lipinski definition) is 6. The second-order valence-corrected chi connectivity index (χ2v) is 4.27. The average Bonchev–Trinajstić information content (AvgIpc) is 2.93. The Hall–Kier alpha value is -0.240. The minimum absolute atomic E-state index is 0.0506. The molecule has 6 heteroatoms. The van der Waals surface area contributed by atoms with Gasteiger partial charge in [-0.2, -0.15) is 0 Å². The van der Waals surface area contributed by atoms with Crippen molar-refractivity contribution in [2.45, 2.75) is 18.9 Å². The van der Waals surface area contributed by atoms with Gasteiger partial charge in [0.25, 0.3) is 0 Å². The molecule has 0 amide bonds. The fourth-order valence-electron chi connectivity index (χ4n) is 1.71. The van der Waals surface area contributed by atoms with Crippen LogP contribution in [0.2, 0.25) is 0 Å². The molecule has 19 heavy (non-hydrogen) atoms. The van der Waals surface area contributed by atoms with Gasteiger partial charge in [-0.1, -0.05) is 0 Å². The monoisotopic (exact) mass is 278 g/mol. The molecule has 1 N–H and O–H groups in total. The smallest absolute Gasteiger partial charge is 0.0809 e. The molecular weight excluding hydrogens is 252 g/mol. The average molecular weight is 278 g/mol. The maximum absolute atomic E-state index is 8.47. The predicted octanol–water partition coefficient (Wildman–Crippen LogP) is 0.224. The van der Waals surface area contributed by atoms with E-state index in [2.05, 4.69) is 0 Å². The maximum Gasteiger partial charge on any atom is 0.0809 e. The van der Waals surface area contributed by atoms with E-state index in [4.69, 9.17) is 28.8 Å². The van der Waals surface area contributed by atoms with Crippen LogP contribution in [0.4, 0.5) is 0 Å². The third-order valence-electron chi connectivity index (χ3n) is 2.68. The van der Waals surface area contributed by atoms with Crippen molar-refractivity contribution in [1.82, 2.24) is 0 Å². The Labute approximate surface area is 114 Å². The standard InChI is InChI=1S/C13H26O6/c14-3-5-15-6-7-16-8-9-17-10-11-18-12-13-2-1-4-19-13/h13-14H,1-12H2. The number of rotatable bonds is 13. The second-order valence-electron chi connectivity index (χ2n) is 4.27. The highest BCUT2D eigenvalue weighted by Gasteiger charge is 2.14. The van der Waals surface area contributed by atoms with Gasteiger partial charge in [-0.25, -0.2) is 0 Å². The van der Waals surface area contributed by atoms with E-state index in [1.807, 2.05) is 0 Å². The van der Waals surface area contributed by atoms with Gasteiger partial charge in [0.05, 0.1) is 65.6 Å². The Morgan fingerprint density at radius 1 is 0.842 bits per heavy atom. The highest BCUT2D eigenvalue weighted by molar-refractivity contribution is 4.63. The van der Waals surface area contributed by atoms with Crippen molar-refractivity contribution in [3.05, 3.63) is 0 Å². The molecule has 0 aromatic rings. The van der Waals surface area contributed by atoms with E-state index in [1.165, 1.54) is 0 Å². The predicted molar refractivity (Wildman–Crippen MR) is 69.3 cm³/mol. The number of aliphatic hydroxyl groups excluding tert-OH is 1. The summed E-state index contributed by atoms with van der Waals surface area (Å²) >= 11 is 0.